The molecule has 1 amide bonds. The average Bonchev–Trinajstić information content (AvgIpc) is 3.43. The molecule has 5 heterocycles. The van der Waals surface area contributed by atoms with Gasteiger partial charge in [-0.15, -0.1) is 22.7 Å². The Labute approximate surface area is 188 Å². The number of rotatable bonds is 5. The monoisotopic (exact) mass is 457 g/mol. The first-order valence-electron chi connectivity index (χ1n) is 10.5. The number of thiazole rings is 2. The van der Waals surface area contributed by atoms with E-state index in [2.05, 4.69) is 20.3 Å². The van der Waals surface area contributed by atoms with Gasteiger partial charge in [-0.25, -0.2) is 15.0 Å². The first-order valence-corrected chi connectivity index (χ1v) is 12.2. The molecule has 2 aliphatic rings. The van der Waals surface area contributed by atoms with Crippen molar-refractivity contribution in [1.82, 2.24) is 19.9 Å². The topological polar surface area (TPSA) is 71.0 Å². The van der Waals surface area contributed by atoms with Gasteiger partial charge in [-0.1, -0.05) is 0 Å². The van der Waals surface area contributed by atoms with Gasteiger partial charge in [0.25, 0.3) is 5.91 Å². The molecule has 0 radical (unpaired) electrons. The first kappa shape index (κ1) is 20.5. The van der Waals surface area contributed by atoms with Gasteiger partial charge in [0, 0.05) is 23.7 Å². The molecule has 3 aromatic heterocycles. The van der Waals surface area contributed by atoms with Crippen molar-refractivity contribution in [3.05, 3.63) is 40.0 Å². The maximum Gasteiger partial charge on any atom is 0.255 e. The summed E-state index contributed by atoms with van der Waals surface area (Å²) in [5, 5.41) is 7.01. The zero-order valence-electron chi connectivity index (χ0n) is 17.5. The summed E-state index contributed by atoms with van der Waals surface area (Å²) in [5.74, 6) is 0.761. The van der Waals surface area contributed by atoms with E-state index in [1.807, 2.05) is 36.3 Å². The Kier molecular flexibility index (Phi) is 5.47. The van der Waals surface area contributed by atoms with Crippen LogP contribution in [-0.4, -0.2) is 44.5 Å². The average molecular weight is 458 g/mol. The Morgan fingerprint density at radius 3 is 2.61 bits per heavy atom. The number of aryl methyl sites for hydroxylation is 2. The second-order valence-corrected chi connectivity index (χ2v) is 10.4. The molecule has 31 heavy (non-hydrogen) atoms. The highest BCUT2D eigenvalue weighted by atomic mass is 32.1. The van der Waals surface area contributed by atoms with E-state index in [4.69, 9.17) is 0 Å². The van der Waals surface area contributed by atoms with E-state index in [-0.39, 0.29) is 30.6 Å². The predicted molar refractivity (Wildman–Crippen MR) is 122 cm³/mol. The van der Waals surface area contributed by atoms with Crippen LogP contribution in [0, 0.1) is 19.8 Å². The minimum atomic E-state index is -0.280. The second kappa shape index (κ2) is 8.27. The number of carbonyl (C=O) groups is 1. The third kappa shape index (κ3) is 3.96. The van der Waals surface area contributed by atoms with Gasteiger partial charge in [0.2, 0.25) is 0 Å². The number of carbonyl (C=O) groups excluding carboxylic acids is 1. The van der Waals surface area contributed by atoms with E-state index < -0.39 is 0 Å². The molecular weight excluding hydrogens is 433 g/mol. The van der Waals surface area contributed by atoms with E-state index in [9.17, 15) is 9.18 Å². The Morgan fingerprint density at radius 1 is 1.23 bits per heavy atom. The molecule has 2 saturated heterocycles. The third-order valence-electron chi connectivity index (χ3n) is 6.17. The number of nitrogens with zero attached hydrogens (tertiary/aromatic N) is 4. The van der Waals surface area contributed by atoms with Crippen LogP contribution in [-0.2, 0) is 0 Å². The molecule has 1 unspecified atom stereocenters. The minimum absolute atomic E-state index is 0.0106. The summed E-state index contributed by atoms with van der Waals surface area (Å²) in [6, 6.07) is 3.95. The highest BCUT2D eigenvalue weighted by Gasteiger charge is 2.43. The quantitative estimate of drug-likeness (QED) is 0.557. The minimum Gasteiger partial charge on any atom is -0.333 e. The molecule has 6 nitrogen and oxygen atoms in total. The summed E-state index contributed by atoms with van der Waals surface area (Å²) in [6.45, 7) is 3.71. The number of pyridine rings is 1. The lowest BCUT2D eigenvalue weighted by molar-refractivity contribution is 0.0500. The number of halogens is 1. The second-order valence-electron chi connectivity index (χ2n) is 8.33. The molecular formula is C22H24FN5OS2. The fraction of sp³-hybridized carbons (Fsp3) is 0.455. The number of amides is 1. The highest BCUT2D eigenvalue weighted by Crippen LogP contribution is 2.39. The van der Waals surface area contributed by atoms with Crippen molar-refractivity contribution in [2.24, 2.45) is 5.92 Å². The zero-order chi connectivity index (χ0) is 21.5. The van der Waals surface area contributed by atoms with Gasteiger partial charge in [0.1, 0.15) is 5.82 Å². The van der Waals surface area contributed by atoms with Crippen LogP contribution in [0.5, 0.6) is 0 Å². The number of anilines is 2. The fourth-order valence-electron chi connectivity index (χ4n) is 4.80. The highest BCUT2D eigenvalue weighted by molar-refractivity contribution is 7.16. The number of aromatic nitrogens is 3. The van der Waals surface area contributed by atoms with Crippen LogP contribution in [0.15, 0.2) is 23.7 Å². The zero-order valence-corrected chi connectivity index (χ0v) is 19.1. The molecule has 2 bridgehead atoms. The number of hydrogen-bond acceptors (Lipinski definition) is 7. The van der Waals surface area contributed by atoms with Gasteiger partial charge in [-0.05, 0) is 57.6 Å². The Bertz CT molecular complexity index is 1080. The number of hydrogen-bond donors (Lipinski definition) is 1. The van der Waals surface area contributed by atoms with E-state index in [0.717, 1.165) is 52.1 Å². The molecule has 162 valence electrons. The van der Waals surface area contributed by atoms with E-state index in [0.29, 0.717) is 11.4 Å². The largest absolute Gasteiger partial charge is 0.333 e. The van der Waals surface area contributed by atoms with E-state index in [1.54, 1.807) is 17.5 Å². The van der Waals surface area contributed by atoms with E-state index >= 15 is 0 Å². The number of fused-ring (bicyclic) bond motifs is 2. The molecule has 0 aromatic carbocycles. The van der Waals surface area contributed by atoms with Crippen LogP contribution in [0.1, 0.15) is 46.7 Å². The first-order chi connectivity index (χ1) is 15.0. The van der Waals surface area contributed by atoms with Gasteiger partial charge in [0.15, 0.2) is 5.13 Å². The molecule has 2 fully saturated rings. The van der Waals surface area contributed by atoms with Gasteiger partial charge >= 0.3 is 0 Å². The maximum atomic E-state index is 13.1. The van der Waals surface area contributed by atoms with Crippen molar-refractivity contribution in [3.8, 4) is 10.6 Å². The van der Waals surface area contributed by atoms with Crippen molar-refractivity contribution in [2.45, 2.75) is 51.6 Å². The summed E-state index contributed by atoms with van der Waals surface area (Å²) >= 11 is 3.15. The molecule has 0 saturated carbocycles. The maximum absolute atomic E-state index is 13.1. The van der Waals surface area contributed by atoms with Crippen molar-refractivity contribution in [1.29, 1.82) is 0 Å². The van der Waals surface area contributed by atoms with Crippen molar-refractivity contribution < 1.29 is 9.18 Å². The Balaban J connectivity index is 1.27. The lowest BCUT2D eigenvalue weighted by Crippen LogP contribution is -2.46. The molecule has 1 N–H and O–H groups in total. The van der Waals surface area contributed by atoms with Crippen LogP contribution in [0.2, 0.25) is 0 Å². The fourth-order valence-corrected chi connectivity index (χ4v) is 6.47. The molecule has 0 aliphatic carbocycles. The molecule has 3 aromatic rings. The molecule has 9 heteroatoms. The van der Waals surface area contributed by atoms with Crippen molar-refractivity contribution in [2.75, 3.05) is 12.0 Å². The van der Waals surface area contributed by atoms with Gasteiger partial charge in [-0.2, -0.15) is 0 Å². The standard InChI is InChI=1S/C22H24FN5OS2/c1-12-20(31-13(2)25-12)18-11-30-22(26-18)27-19-6-3-15(10-24-19)21(29)28-16-4-5-17(28)8-14(7-16)9-23/h3,6,10-11,14,16-17H,4-5,7-9H2,1-2H3,(H,24,26,27)/t14?,16-,17+. The van der Waals surface area contributed by atoms with Crippen LogP contribution < -0.4 is 5.32 Å². The Hall–Kier alpha value is -2.39. The number of piperidine rings is 1. The number of alkyl halides is 1. The lowest BCUT2D eigenvalue weighted by atomic mass is 9.91. The van der Waals surface area contributed by atoms with Gasteiger partial charge in [-0.3, -0.25) is 9.18 Å². The normalized spacial score (nSPS) is 22.7. The summed E-state index contributed by atoms with van der Waals surface area (Å²) in [4.78, 5) is 29.7. The summed E-state index contributed by atoms with van der Waals surface area (Å²) < 4.78 is 13.1. The number of nitrogens with one attached hydrogen (secondary N) is 1. The lowest BCUT2D eigenvalue weighted by Gasteiger charge is -2.38. The summed E-state index contributed by atoms with van der Waals surface area (Å²) in [6.07, 6.45) is 5.13. The van der Waals surface area contributed by atoms with Crippen LogP contribution in [0.3, 0.4) is 0 Å². The summed E-state index contributed by atoms with van der Waals surface area (Å²) in [7, 11) is 0. The molecule has 0 spiro atoms. The smallest absolute Gasteiger partial charge is 0.255 e. The third-order valence-corrected chi connectivity index (χ3v) is 8.02. The van der Waals surface area contributed by atoms with Crippen molar-refractivity contribution >= 4 is 39.5 Å². The molecule has 2 aliphatic heterocycles. The SMILES string of the molecule is Cc1nc(C)c(-c2csc(Nc3ccc(C(=O)N4[C@@H]5CC[C@H]4CC(CF)C5)cn3)n2)s1. The molecule has 5 rings (SSSR count). The van der Waals surface area contributed by atoms with Gasteiger partial charge < -0.3 is 10.2 Å². The molecule has 3 atom stereocenters. The van der Waals surface area contributed by atoms with Crippen LogP contribution >= 0.6 is 22.7 Å². The predicted octanol–water partition coefficient (Wildman–Crippen LogP) is 5.37. The van der Waals surface area contributed by atoms with Crippen LogP contribution in [0.4, 0.5) is 15.3 Å². The van der Waals surface area contributed by atoms with Crippen LogP contribution in [0.25, 0.3) is 10.6 Å². The van der Waals surface area contributed by atoms with Gasteiger partial charge in [0.05, 0.1) is 33.5 Å². The summed E-state index contributed by atoms with van der Waals surface area (Å²) in [5.41, 5.74) is 2.48. The Morgan fingerprint density at radius 2 is 2.00 bits per heavy atom. The van der Waals surface area contributed by atoms with E-state index in [1.165, 1.54) is 11.3 Å². The van der Waals surface area contributed by atoms with Crippen molar-refractivity contribution in [3.63, 3.8) is 0 Å².